The van der Waals surface area contributed by atoms with Crippen LogP contribution in [0.15, 0.2) is 29.1 Å². The van der Waals surface area contributed by atoms with Crippen LogP contribution in [0.5, 0.6) is 0 Å². The average molecular weight is 367 g/mol. The van der Waals surface area contributed by atoms with E-state index in [9.17, 15) is 9.59 Å². The maximum absolute atomic E-state index is 13.0. The first-order valence-corrected chi connectivity index (χ1v) is 9.77. The van der Waals surface area contributed by atoms with Crippen LogP contribution in [0.4, 0.5) is 5.69 Å². The molecular formula is C20H21N3O2S. The second kappa shape index (κ2) is 6.68. The quantitative estimate of drug-likeness (QED) is 0.743. The van der Waals surface area contributed by atoms with Gasteiger partial charge in [0.05, 0.1) is 10.3 Å². The van der Waals surface area contributed by atoms with Gasteiger partial charge in [-0.3, -0.25) is 14.2 Å². The van der Waals surface area contributed by atoms with Crippen LogP contribution in [0.2, 0.25) is 0 Å². The van der Waals surface area contributed by atoms with Crippen molar-refractivity contribution in [2.75, 3.05) is 5.32 Å². The number of hydrogen-bond donors (Lipinski definition) is 1. The number of carbonyl (C=O) groups is 1. The normalized spacial score (nSPS) is 14.1. The molecule has 0 radical (unpaired) electrons. The minimum absolute atomic E-state index is 0.00460. The van der Waals surface area contributed by atoms with Crippen LogP contribution in [0.3, 0.4) is 0 Å². The lowest BCUT2D eigenvalue weighted by Crippen LogP contribution is -2.24. The van der Waals surface area contributed by atoms with Crippen molar-refractivity contribution in [1.82, 2.24) is 9.55 Å². The van der Waals surface area contributed by atoms with Gasteiger partial charge in [-0.1, -0.05) is 24.1 Å². The van der Waals surface area contributed by atoms with Crippen molar-refractivity contribution in [2.24, 2.45) is 0 Å². The van der Waals surface area contributed by atoms with E-state index in [-0.39, 0.29) is 11.5 Å². The molecule has 1 aliphatic heterocycles. The van der Waals surface area contributed by atoms with Gasteiger partial charge in [-0.25, -0.2) is 4.98 Å². The van der Waals surface area contributed by atoms with E-state index in [1.807, 2.05) is 38.1 Å². The number of aromatic nitrogens is 2. The molecule has 0 fully saturated rings. The van der Waals surface area contributed by atoms with Crippen LogP contribution >= 0.6 is 11.3 Å². The van der Waals surface area contributed by atoms with Gasteiger partial charge in [0, 0.05) is 18.7 Å². The van der Waals surface area contributed by atoms with Gasteiger partial charge in [-0.2, -0.15) is 0 Å². The van der Waals surface area contributed by atoms with E-state index in [4.69, 9.17) is 4.98 Å². The summed E-state index contributed by atoms with van der Waals surface area (Å²) in [5.41, 5.74) is 2.61. The fraction of sp³-hybridized carbons (Fsp3) is 0.350. The fourth-order valence-corrected chi connectivity index (χ4v) is 4.54. The van der Waals surface area contributed by atoms with Gasteiger partial charge < -0.3 is 5.32 Å². The molecule has 26 heavy (non-hydrogen) atoms. The summed E-state index contributed by atoms with van der Waals surface area (Å²) in [6.07, 6.45) is 4.01. The molecule has 3 aromatic rings. The summed E-state index contributed by atoms with van der Waals surface area (Å²) in [5, 5.41) is 3.51. The molecule has 1 aliphatic rings. The van der Waals surface area contributed by atoms with Crippen LogP contribution in [-0.4, -0.2) is 15.5 Å². The highest BCUT2D eigenvalue weighted by atomic mass is 32.1. The number of anilines is 1. The molecular weight excluding hydrogens is 346 g/mol. The standard InChI is InChI=1S/C20H21N3O2S/c1-12-7-9-14(10-8-12)21-18(24)17-13(2)16-19(26-17)22-15-6-4-3-5-11-23(15)20(16)25/h7-10H,3-6,11H2,1-2H3,(H,21,24). The fourth-order valence-electron chi connectivity index (χ4n) is 3.45. The van der Waals surface area contributed by atoms with Gasteiger partial charge in [0.25, 0.3) is 11.5 Å². The van der Waals surface area contributed by atoms with Crippen LogP contribution in [0, 0.1) is 13.8 Å². The molecule has 0 aliphatic carbocycles. The second-order valence-electron chi connectivity index (χ2n) is 6.85. The van der Waals surface area contributed by atoms with E-state index >= 15 is 0 Å². The maximum Gasteiger partial charge on any atom is 0.266 e. The SMILES string of the molecule is Cc1ccc(NC(=O)c2sc3nc4n(c(=O)c3c2C)CCCCC4)cc1. The molecule has 0 saturated heterocycles. The molecule has 1 N–H and O–H groups in total. The van der Waals surface area contributed by atoms with Crippen molar-refractivity contribution >= 4 is 33.1 Å². The summed E-state index contributed by atoms with van der Waals surface area (Å²) < 4.78 is 1.80. The second-order valence-corrected chi connectivity index (χ2v) is 7.85. The number of nitrogens with one attached hydrogen (secondary N) is 1. The molecule has 5 nitrogen and oxygen atoms in total. The molecule has 2 aromatic heterocycles. The molecule has 0 spiro atoms. The Kier molecular flexibility index (Phi) is 4.36. The predicted molar refractivity (Wildman–Crippen MR) is 105 cm³/mol. The number of aryl methyl sites for hydroxylation is 3. The first-order chi connectivity index (χ1) is 12.5. The third-order valence-electron chi connectivity index (χ3n) is 4.93. The van der Waals surface area contributed by atoms with E-state index in [1.54, 1.807) is 4.57 Å². The first kappa shape index (κ1) is 17.0. The molecule has 0 unspecified atom stereocenters. The van der Waals surface area contributed by atoms with Crippen LogP contribution in [-0.2, 0) is 13.0 Å². The van der Waals surface area contributed by atoms with Gasteiger partial charge >= 0.3 is 0 Å². The lowest BCUT2D eigenvalue weighted by atomic mass is 10.2. The third-order valence-corrected chi connectivity index (χ3v) is 6.11. The number of thiophene rings is 1. The van der Waals surface area contributed by atoms with Crippen LogP contribution in [0.25, 0.3) is 10.2 Å². The number of amides is 1. The topological polar surface area (TPSA) is 64.0 Å². The van der Waals surface area contributed by atoms with Crippen molar-refractivity contribution in [3.05, 3.63) is 56.4 Å². The van der Waals surface area contributed by atoms with Crippen molar-refractivity contribution in [3.63, 3.8) is 0 Å². The smallest absolute Gasteiger partial charge is 0.266 e. The number of carbonyl (C=O) groups excluding carboxylic acids is 1. The van der Waals surface area contributed by atoms with E-state index in [1.165, 1.54) is 11.3 Å². The van der Waals surface area contributed by atoms with Crippen LogP contribution < -0.4 is 10.9 Å². The summed E-state index contributed by atoms with van der Waals surface area (Å²) in [6, 6.07) is 7.67. The highest BCUT2D eigenvalue weighted by Crippen LogP contribution is 2.29. The predicted octanol–water partition coefficient (Wildman–Crippen LogP) is 4.05. The summed E-state index contributed by atoms with van der Waals surface area (Å²) in [4.78, 5) is 31.7. The van der Waals surface area contributed by atoms with E-state index in [0.29, 0.717) is 15.1 Å². The molecule has 0 saturated carbocycles. The zero-order valence-electron chi connectivity index (χ0n) is 15.0. The Morgan fingerprint density at radius 1 is 1.15 bits per heavy atom. The van der Waals surface area contributed by atoms with E-state index in [2.05, 4.69) is 5.32 Å². The largest absolute Gasteiger partial charge is 0.321 e. The average Bonchev–Trinajstić information content (AvgIpc) is 2.80. The first-order valence-electron chi connectivity index (χ1n) is 8.95. The highest BCUT2D eigenvalue weighted by Gasteiger charge is 2.22. The lowest BCUT2D eigenvalue weighted by Gasteiger charge is -2.08. The molecule has 6 heteroatoms. The third kappa shape index (κ3) is 2.94. The molecule has 0 bridgehead atoms. The monoisotopic (exact) mass is 367 g/mol. The Hall–Kier alpha value is -2.47. The van der Waals surface area contributed by atoms with Crippen molar-refractivity contribution in [2.45, 2.75) is 46.1 Å². The van der Waals surface area contributed by atoms with Crippen molar-refractivity contribution in [1.29, 1.82) is 0 Å². The summed E-state index contributed by atoms with van der Waals surface area (Å²) >= 11 is 1.31. The number of nitrogens with zero attached hydrogens (tertiary/aromatic N) is 2. The van der Waals surface area contributed by atoms with E-state index in [0.717, 1.165) is 54.9 Å². The Bertz CT molecular complexity index is 1050. The Morgan fingerprint density at radius 2 is 1.92 bits per heavy atom. The maximum atomic E-state index is 13.0. The lowest BCUT2D eigenvalue weighted by molar-refractivity contribution is 0.103. The van der Waals surface area contributed by atoms with E-state index < -0.39 is 0 Å². The van der Waals surface area contributed by atoms with Gasteiger partial charge in [0.15, 0.2) is 0 Å². The Balaban J connectivity index is 1.75. The van der Waals surface area contributed by atoms with Crippen molar-refractivity contribution < 1.29 is 4.79 Å². The number of benzene rings is 1. The molecule has 1 aromatic carbocycles. The van der Waals surface area contributed by atoms with Crippen molar-refractivity contribution in [3.8, 4) is 0 Å². The zero-order valence-corrected chi connectivity index (χ0v) is 15.8. The molecule has 134 valence electrons. The highest BCUT2D eigenvalue weighted by molar-refractivity contribution is 7.20. The molecule has 1 amide bonds. The number of hydrogen-bond acceptors (Lipinski definition) is 4. The van der Waals surface area contributed by atoms with Gasteiger partial charge in [0.1, 0.15) is 10.7 Å². The summed E-state index contributed by atoms with van der Waals surface area (Å²) in [7, 11) is 0. The van der Waals surface area contributed by atoms with Gasteiger partial charge in [-0.05, 0) is 44.4 Å². The molecule has 3 heterocycles. The molecule has 0 atom stereocenters. The number of rotatable bonds is 2. The minimum atomic E-state index is -0.186. The number of fused-ring (bicyclic) bond motifs is 2. The Morgan fingerprint density at radius 3 is 2.69 bits per heavy atom. The van der Waals surface area contributed by atoms with Gasteiger partial charge in [-0.15, -0.1) is 11.3 Å². The Labute approximate surface area is 155 Å². The molecule has 4 rings (SSSR count). The summed E-state index contributed by atoms with van der Waals surface area (Å²) in [5.74, 6) is 0.667. The van der Waals surface area contributed by atoms with Crippen LogP contribution in [0.1, 0.15) is 45.9 Å². The zero-order chi connectivity index (χ0) is 18.3. The minimum Gasteiger partial charge on any atom is -0.321 e. The summed E-state index contributed by atoms with van der Waals surface area (Å²) in [6.45, 7) is 4.57. The van der Waals surface area contributed by atoms with Gasteiger partial charge in [0.2, 0.25) is 0 Å².